The molecule has 0 saturated carbocycles. The zero-order valence-electron chi connectivity index (χ0n) is 14.7. The SMILES string of the molecule is CC(=O)Nc1ccc(C(=O)N2CC[C@H](S(=O)(=O)c3ccc(Cl)cc3)C2)cc1. The van der Waals surface area contributed by atoms with Crippen molar-refractivity contribution in [3.8, 4) is 0 Å². The van der Waals surface area contributed by atoms with Gasteiger partial charge in [0.2, 0.25) is 5.91 Å². The molecule has 27 heavy (non-hydrogen) atoms. The van der Waals surface area contributed by atoms with Gasteiger partial charge in [-0.25, -0.2) is 8.42 Å². The van der Waals surface area contributed by atoms with E-state index in [1.165, 1.54) is 19.1 Å². The lowest BCUT2D eigenvalue weighted by molar-refractivity contribution is -0.114. The largest absolute Gasteiger partial charge is 0.337 e. The molecule has 1 N–H and O–H groups in total. The molecule has 1 heterocycles. The second-order valence-corrected chi connectivity index (χ2v) is 9.08. The first kappa shape index (κ1) is 19.4. The highest BCUT2D eigenvalue weighted by molar-refractivity contribution is 7.92. The van der Waals surface area contributed by atoms with Crippen LogP contribution in [0.1, 0.15) is 23.7 Å². The number of sulfone groups is 1. The Morgan fingerprint density at radius 3 is 2.30 bits per heavy atom. The maximum Gasteiger partial charge on any atom is 0.253 e. The van der Waals surface area contributed by atoms with Crippen LogP contribution in [0.4, 0.5) is 5.69 Å². The quantitative estimate of drug-likeness (QED) is 0.846. The van der Waals surface area contributed by atoms with Gasteiger partial charge in [0, 0.05) is 36.3 Å². The van der Waals surface area contributed by atoms with Crippen LogP contribution < -0.4 is 5.32 Å². The zero-order valence-corrected chi connectivity index (χ0v) is 16.3. The van der Waals surface area contributed by atoms with Crippen molar-refractivity contribution in [1.82, 2.24) is 4.90 Å². The summed E-state index contributed by atoms with van der Waals surface area (Å²) >= 11 is 5.82. The van der Waals surface area contributed by atoms with Gasteiger partial charge in [-0.05, 0) is 55.0 Å². The van der Waals surface area contributed by atoms with E-state index in [1.54, 1.807) is 41.3 Å². The summed E-state index contributed by atoms with van der Waals surface area (Å²) in [5.41, 5.74) is 1.05. The number of likely N-dealkylation sites (tertiary alicyclic amines) is 1. The Morgan fingerprint density at radius 1 is 1.07 bits per heavy atom. The van der Waals surface area contributed by atoms with Crippen molar-refractivity contribution < 1.29 is 18.0 Å². The minimum atomic E-state index is -3.52. The van der Waals surface area contributed by atoms with Crippen LogP contribution in [-0.4, -0.2) is 43.5 Å². The maximum atomic E-state index is 12.8. The van der Waals surface area contributed by atoms with Gasteiger partial charge < -0.3 is 10.2 Å². The third-order valence-corrected chi connectivity index (χ3v) is 6.91. The maximum absolute atomic E-state index is 12.8. The summed E-state index contributed by atoms with van der Waals surface area (Å²) in [5, 5.41) is 2.47. The molecule has 0 aliphatic carbocycles. The van der Waals surface area contributed by atoms with Crippen LogP contribution in [0.15, 0.2) is 53.4 Å². The normalized spacial score (nSPS) is 17.0. The molecule has 0 bridgehead atoms. The molecular formula is C19H19ClN2O4S. The smallest absolute Gasteiger partial charge is 0.253 e. The monoisotopic (exact) mass is 406 g/mol. The summed E-state index contributed by atoms with van der Waals surface area (Å²) in [6.07, 6.45) is 0.390. The molecule has 6 nitrogen and oxygen atoms in total. The van der Waals surface area contributed by atoms with Gasteiger partial charge in [0.15, 0.2) is 9.84 Å². The number of carbonyl (C=O) groups is 2. The van der Waals surface area contributed by atoms with E-state index in [4.69, 9.17) is 11.6 Å². The van der Waals surface area contributed by atoms with E-state index in [9.17, 15) is 18.0 Å². The van der Waals surface area contributed by atoms with Crippen molar-refractivity contribution in [3.63, 3.8) is 0 Å². The molecule has 1 aliphatic rings. The first-order chi connectivity index (χ1) is 12.8. The molecule has 2 amide bonds. The summed E-state index contributed by atoms with van der Waals surface area (Å²) < 4.78 is 25.6. The average molecular weight is 407 g/mol. The molecule has 1 saturated heterocycles. The highest BCUT2D eigenvalue weighted by Crippen LogP contribution is 2.26. The van der Waals surface area contributed by atoms with Crippen molar-refractivity contribution in [1.29, 1.82) is 0 Å². The van der Waals surface area contributed by atoms with Crippen molar-refractivity contribution >= 4 is 38.9 Å². The predicted molar refractivity (Wildman–Crippen MR) is 104 cm³/mol. The first-order valence-corrected chi connectivity index (χ1v) is 10.4. The van der Waals surface area contributed by atoms with Gasteiger partial charge in [-0.15, -0.1) is 0 Å². The lowest BCUT2D eigenvalue weighted by atomic mass is 10.2. The summed E-state index contributed by atoms with van der Waals surface area (Å²) in [6, 6.07) is 12.6. The highest BCUT2D eigenvalue weighted by atomic mass is 35.5. The van der Waals surface area contributed by atoms with Gasteiger partial charge in [0.25, 0.3) is 5.91 Å². The Labute approximate surface area is 163 Å². The van der Waals surface area contributed by atoms with Crippen LogP contribution in [0.5, 0.6) is 0 Å². The molecule has 2 aromatic carbocycles. The number of hydrogen-bond donors (Lipinski definition) is 1. The molecule has 3 rings (SSSR count). The summed E-state index contributed by atoms with van der Waals surface area (Å²) in [7, 11) is -3.52. The Kier molecular flexibility index (Phi) is 5.53. The van der Waals surface area contributed by atoms with E-state index >= 15 is 0 Å². The molecular weight excluding hydrogens is 388 g/mol. The van der Waals surface area contributed by atoms with Gasteiger partial charge >= 0.3 is 0 Å². The second-order valence-electron chi connectivity index (χ2n) is 6.42. The van der Waals surface area contributed by atoms with Crippen LogP contribution in [-0.2, 0) is 14.6 Å². The topological polar surface area (TPSA) is 83.6 Å². The van der Waals surface area contributed by atoms with E-state index in [2.05, 4.69) is 5.32 Å². The molecule has 0 unspecified atom stereocenters. The van der Waals surface area contributed by atoms with Gasteiger partial charge in [-0.2, -0.15) is 0 Å². The van der Waals surface area contributed by atoms with E-state index in [0.29, 0.717) is 29.2 Å². The van der Waals surface area contributed by atoms with E-state index < -0.39 is 15.1 Å². The lowest BCUT2D eigenvalue weighted by Gasteiger charge is -2.17. The van der Waals surface area contributed by atoms with E-state index in [-0.39, 0.29) is 23.3 Å². The summed E-state index contributed by atoms with van der Waals surface area (Å²) in [4.78, 5) is 25.5. The fourth-order valence-electron chi connectivity index (χ4n) is 3.06. The molecule has 142 valence electrons. The minimum absolute atomic E-state index is 0.150. The Hall–Kier alpha value is -2.38. The minimum Gasteiger partial charge on any atom is -0.337 e. The zero-order chi connectivity index (χ0) is 19.6. The Balaban J connectivity index is 1.70. The fraction of sp³-hybridized carbons (Fsp3) is 0.263. The summed E-state index contributed by atoms with van der Waals surface area (Å²) in [6.45, 7) is 1.94. The summed E-state index contributed by atoms with van der Waals surface area (Å²) in [5.74, 6) is -0.415. The number of nitrogens with one attached hydrogen (secondary N) is 1. The van der Waals surface area contributed by atoms with E-state index in [0.717, 1.165) is 0 Å². The number of carbonyl (C=O) groups excluding carboxylic acids is 2. The molecule has 0 radical (unpaired) electrons. The average Bonchev–Trinajstić information content (AvgIpc) is 3.12. The van der Waals surface area contributed by atoms with Crippen LogP contribution >= 0.6 is 11.6 Å². The van der Waals surface area contributed by atoms with Gasteiger partial charge in [0.1, 0.15) is 0 Å². The molecule has 0 aromatic heterocycles. The van der Waals surface area contributed by atoms with Crippen LogP contribution in [0.3, 0.4) is 0 Å². The number of anilines is 1. The molecule has 2 aromatic rings. The van der Waals surface area contributed by atoms with Crippen molar-refractivity contribution in [2.45, 2.75) is 23.5 Å². The number of rotatable bonds is 4. The number of amides is 2. The van der Waals surface area contributed by atoms with Gasteiger partial charge in [-0.3, -0.25) is 9.59 Å². The van der Waals surface area contributed by atoms with Crippen LogP contribution in [0, 0.1) is 0 Å². The molecule has 1 atom stereocenters. The number of halogens is 1. The molecule has 8 heteroatoms. The second kappa shape index (κ2) is 7.70. The third kappa shape index (κ3) is 4.31. The van der Waals surface area contributed by atoms with Crippen LogP contribution in [0.2, 0.25) is 5.02 Å². The molecule has 1 fully saturated rings. The first-order valence-electron chi connectivity index (χ1n) is 8.44. The van der Waals surface area contributed by atoms with Crippen molar-refractivity contribution in [2.24, 2.45) is 0 Å². The lowest BCUT2D eigenvalue weighted by Crippen LogP contribution is -2.31. The standard InChI is InChI=1S/C19H19ClN2O4S/c1-13(23)21-16-6-2-14(3-7-16)19(24)22-11-10-18(12-22)27(25,26)17-8-4-15(20)5-9-17/h2-9,18H,10-12H2,1H3,(H,21,23)/t18-/m0/s1. The number of benzene rings is 2. The highest BCUT2D eigenvalue weighted by Gasteiger charge is 2.36. The Bertz CT molecular complexity index is 956. The number of nitrogens with zero attached hydrogens (tertiary/aromatic N) is 1. The van der Waals surface area contributed by atoms with E-state index in [1.807, 2.05) is 0 Å². The third-order valence-electron chi connectivity index (χ3n) is 4.47. The van der Waals surface area contributed by atoms with Crippen molar-refractivity contribution in [3.05, 3.63) is 59.1 Å². The predicted octanol–water partition coefficient (Wildman–Crippen LogP) is 2.99. The van der Waals surface area contributed by atoms with Crippen molar-refractivity contribution in [2.75, 3.05) is 18.4 Å². The molecule has 0 spiro atoms. The Morgan fingerprint density at radius 2 is 1.70 bits per heavy atom. The molecule has 1 aliphatic heterocycles. The number of hydrogen-bond acceptors (Lipinski definition) is 4. The van der Waals surface area contributed by atoms with Crippen LogP contribution in [0.25, 0.3) is 0 Å². The van der Waals surface area contributed by atoms with Gasteiger partial charge in [0.05, 0.1) is 10.1 Å². The van der Waals surface area contributed by atoms with Gasteiger partial charge in [-0.1, -0.05) is 11.6 Å². The fourth-order valence-corrected chi connectivity index (χ4v) is 4.88.